The molecule has 2 amide bonds. The van der Waals surface area contributed by atoms with E-state index in [0.717, 1.165) is 11.1 Å². The molecule has 1 saturated heterocycles. The van der Waals surface area contributed by atoms with E-state index in [9.17, 15) is 22.8 Å². The number of amides is 2. The van der Waals surface area contributed by atoms with Gasteiger partial charge in [0.2, 0.25) is 0 Å². The maximum atomic E-state index is 12.6. The molecule has 1 aromatic rings. The lowest BCUT2D eigenvalue weighted by Crippen LogP contribution is -2.47. The van der Waals surface area contributed by atoms with Crippen LogP contribution in [-0.2, 0) is 0 Å². The van der Waals surface area contributed by atoms with Gasteiger partial charge in [-0.3, -0.25) is 4.79 Å². The summed E-state index contributed by atoms with van der Waals surface area (Å²) < 4.78 is 36.4. The highest BCUT2D eigenvalue weighted by Crippen LogP contribution is 2.24. The first kappa shape index (κ1) is 18.3. The Morgan fingerprint density at radius 1 is 1.21 bits per heavy atom. The Bertz CT molecular complexity index is 621. The minimum absolute atomic E-state index is 0.0443. The summed E-state index contributed by atoms with van der Waals surface area (Å²) in [5.41, 5.74) is 2.69. The van der Waals surface area contributed by atoms with Crippen molar-refractivity contribution >= 4 is 11.8 Å². The third-order valence-corrected chi connectivity index (χ3v) is 4.24. The molecule has 0 unspecified atom stereocenters. The van der Waals surface area contributed by atoms with Gasteiger partial charge >= 0.3 is 12.2 Å². The second-order valence-electron chi connectivity index (χ2n) is 6.22. The van der Waals surface area contributed by atoms with Gasteiger partial charge in [-0.2, -0.15) is 13.2 Å². The van der Waals surface area contributed by atoms with Crippen molar-refractivity contribution in [2.75, 3.05) is 19.6 Å². The van der Waals surface area contributed by atoms with Crippen LogP contribution in [0.4, 0.5) is 18.0 Å². The summed E-state index contributed by atoms with van der Waals surface area (Å²) in [6, 6.07) is 4.92. The Balaban J connectivity index is 1.90. The molecule has 1 aliphatic heterocycles. The number of carbonyl (C=O) groups is 2. The van der Waals surface area contributed by atoms with Gasteiger partial charge in [0.15, 0.2) is 5.78 Å². The van der Waals surface area contributed by atoms with Crippen molar-refractivity contribution in [3.05, 3.63) is 34.9 Å². The van der Waals surface area contributed by atoms with Gasteiger partial charge in [-0.1, -0.05) is 23.8 Å². The highest BCUT2D eigenvalue weighted by Gasteiger charge is 2.31. The first-order valence-electron chi connectivity index (χ1n) is 7.88. The van der Waals surface area contributed by atoms with E-state index < -0.39 is 18.8 Å². The van der Waals surface area contributed by atoms with Gasteiger partial charge in [-0.25, -0.2) is 4.79 Å². The zero-order valence-electron chi connectivity index (χ0n) is 13.7. The number of likely N-dealkylation sites (tertiary alicyclic amines) is 1. The average Bonchev–Trinajstić information content (AvgIpc) is 2.51. The van der Waals surface area contributed by atoms with Crippen molar-refractivity contribution < 1.29 is 22.8 Å². The van der Waals surface area contributed by atoms with Crippen molar-refractivity contribution in [1.82, 2.24) is 10.2 Å². The third-order valence-electron chi connectivity index (χ3n) is 4.24. The van der Waals surface area contributed by atoms with Crippen molar-refractivity contribution in [3.63, 3.8) is 0 Å². The van der Waals surface area contributed by atoms with E-state index in [1.807, 2.05) is 37.4 Å². The summed E-state index contributed by atoms with van der Waals surface area (Å²) in [4.78, 5) is 25.6. The number of hydrogen-bond acceptors (Lipinski definition) is 2. The Morgan fingerprint density at radius 2 is 1.83 bits per heavy atom. The van der Waals surface area contributed by atoms with Gasteiger partial charge in [0.05, 0.1) is 0 Å². The summed E-state index contributed by atoms with van der Waals surface area (Å²) >= 11 is 0. The lowest BCUT2D eigenvalue weighted by Gasteiger charge is -2.31. The largest absolute Gasteiger partial charge is 0.405 e. The molecule has 0 aromatic heterocycles. The van der Waals surface area contributed by atoms with Crippen LogP contribution in [0.15, 0.2) is 18.2 Å². The molecule has 1 aromatic carbocycles. The average molecular weight is 342 g/mol. The number of benzene rings is 1. The van der Waals surface area contributed by atoms with Crippen LogP contribution in [0.25, 0.3) is 0 Å². The number of nitrogens with one attached hydrogen (secondary N) is 1. The number of halogens is 3. The number of rotatable bonds is 3. The van der Waals surface area contributed by atoms with Crippen LogP contribution in [0.2, 0.25) is 0 Å². The molecule has 7 heteroatoms. The second kappa shape index (κ2) is 7.23. The fourth-order valence-corrected chi connectivity index (χ4v) is 2.94. The monoisotopic (exact) mass is 342 g/mol. The number of nitrogens with zero attached hydrogens (tertiary/aromatic N) is 1. The van der Waals surface area contributed by atoms with Gasteiger partial charge in [0, 0.05) is 24.6 Å². The standard InChI is InChI=1S/C17H21F3N2O2/c1-11-3-4-14(12(2)9-11)15(23)13-5-7-22(8-6-13)16(24)21-10-17(18,19)20/h3-4,9,13H,5-8,10H2,1-2H3,(H,21,24). The molecule has 0 aliphatic carbocycles. The van der Waals surface area contributed by atoms with Crippen molar-refractivity contribution in [3.8, 4) is 0 Å². The van der Waals surface area contributed by atoms with Crippen LogP contribution in [-0.4, -0.2) is 42.5 Å². The van der Waals surface area contributed by atoms with E-state index >= 15 is 0 Å². The number of ketones is 1. The highest BCUT2D eigenvalue weighted by molar-refractivity contribution is 5.99. The van der Waals surface area contributed by atoms with E-state index in [2.05, 4.69) is 0 Å². The molecule has 0 atom stereocenters. The van der Waals surface area contributed by atoms with E-state index in [1.54, 1.807) is 0 Å². The molecule has 24 heavy (non-hydrogen) atoms. The SMILES string of the molecule is Cc1ccc(C(=O)C2CCN(C(=O)NCC(F)(F)F)CC2)c(C)c1. The molecule has 2 rings (SSSR count). The van der Waals surface area contributed by atoms with E-state index in [1.165, 1.54) is 4.90 Å². The Morgan fingerprint density at radius 3 is 2.38 bits per heavy atom. The Hall–Kier alpha value is -2.05. The quantitative estimate of drug-likeness (QED) is 0.855. The lowest BCUT2D eigenvalue weighted by atomic mass is 9.87. The molecule has 0 bridgehead atoms. The predicted octanol–water partition coefficient (Wildman–Crippen LogP) is 3.47. The number of urea groups is 1. The molecule has 1 heterocycles. The highest BCUT2D eigenvalue weighted by atomic mass is 19.4. The van der Waals surface area contributed by atoms with Crippen molar-refractivity contribution in [2.45, 2.75) is 32.9 Å². The molecule has 0 saturated carbocycles. The molecule has 1 fully saturated rings. The molecule has 1 aliphatic rings. The summed E-state index contributed by atoms with van der Waals surface area (Å²) in [6.45, 7) is 3.07. The van der Waals surface area contributed by atoms with Crippen LogP contribution < -0.4 is 5.32 Å². The molecule has 1 N–H and O–H groups in total. The first-order chi connectivity index (χ1) is 11.2. The van der Waals surface area contributed by atoms with Crippen LogP contribution >= 0.6 is 0 Å². The van der Waals surface area contributed by atoms with Crippen molar-refractivity contribution in [1.29, 1.82) is 0 Å². The van der Waals surface area contributed by atoms with Crippen LogP contribution in [0.3, 0.4) is 0 Å². The molecule has 0 spiro atoms. The van der Waals surface area contributed by atoms with E-state index in [-0.39, 0.29) is 24.8 Å². The Kier molecular flexibility index (Phi) is 5.51. The fraction of sp³-hybridized carbons (Fsp3) is 0.529. The van der Waals surface area contributed by atoms with Gasteiger partial charge in [-0.15, -0.1) is 0 Å². The van der Waals surface area contributed by atoms with E-state index in [4.69, 9.17) is 0 Å². The van der Waals surface area contributed by atoms with Crippen molar-refractivity contribution in [2.24, 2.45) is 5.92 Å². The summed E-state index contributed by atoms with van der Waals surface area (Å²) in [6.07, 6.45) is -3.50. The van der Waals surface area contributed by atoms with Crippen LogP contribution in [0, 0.1) is 19.8 Å². The number of alkyl halides is 3. The summed E-state index contributed by atoms with van der Waals surface area (Å²) in [5.74, 6) is -0.152. The molecule has 132 valence electrons. The van der Waals surface area contributed by atoms with Gasteiger partial charge in [0.25, 0.3) is 0 Å². The number of hydrogen-bond donors (Lipinski definition) is 1. The maximum absolute atomic E-state index is 12.6. The Labute approximate surface area is 139 Å². The first-order valence-corrected chi connectivity index (χ1v) is 7.88. The second-order valence-corrected chi connectivity index (χ2v) is 6.22. The molecule has 0 radical (unpaired) electrons. The number of aryl methyl sites for hydroxylation is 2. The third kappa shape index (κ3) is 4.72. The topological polar surface area (TPSA) is 49.4 Å². The minimum Gasteiger partial charge on any atom is -0.329 e. The molecular formula is C17H21F3N2O2. The molecule has 4 nitrogen and oxygen atoms in total. The number of Topliss-reactive ketones (excluding diaryl/α,β-unsaturated/α-hetero) is 1. The normalized spacial score (nSPS) is 16.1. The van der Waals surface area contributed by atoms with Crippen LogP contribution in [0.1, 0.15) is 34.3 Å². The van der Waals surface area contributed by atoms with E-state index in [0.29, 0.717) is 18.4 Å². The van der Waals surface area contributed by atoms with Gasteiger partial charge in [-0.05, 0) is 32.3 Å². The number of piperidine rings is 1. The smallest absolute Gasteiger partial charge is 0.329 e. The zero-order chi connectivity index (χ0) is 17.9. The number of carbonyl (C=O) groups excluding carboxylic acids is 2. The zero-order valence-corrected chi connectivity index (χ0v) is 13.7. The predicted molar refractivity (Wildman–Crippen MR) is 84.0 cm³/mol. The summed E-state index contributed by atoms with van der Waals surface area (Å²) in [7, 11) is 0. The summed E-state index contributed by atoms with van der Waals surface area (Å²) in [5, 5.41) is 1.86. The maximum Gasteiger partial charge on any atom is 0.405 e. The van der Waals surface area contributed by atoms with Crippen LogP contribution in [0.5, 0.6) is 0 Å². The minimum atomic E-state index is -4.42. The van der Waals surface area contributed by atoms with Gasteiger partial charge < -0.3 is 10.2 Å². The fourth-order valence-electron chi connectivity index (χ4n) is 2.94. The van der Waals surface area contributed by atoms with Gasteiger partial charge in [0.1, 0.15) is 6.54 Å². The lowest BCUT2D eigenvalue weighted by molar-refractivity contribution is -0.123. The molecular weight excluding hydrogens is 321 g/mol.